The SMILES string of the molecule is COc1cc(OC)cc([C@@H]2SCCN2C(=O)c2ccc(Cl)c([N+](=O)[O-])c2)c1. The number of nitrogens with zero attached hydrogens (tertiary/aromatic N) is 2. The van der Waals surface area contributed by atoms with E-state index >= 15 is 0 Å². The van der Waals surface area contributed by atoms with Crippen molar-refractivity contribution in [1.82, 2.24) is 4.90 Å². The Morgan fingerprint density at radius 2 is 1.89 bits per heavy atom. The van der Waals surface area contributed by atoms with Crippen LogP contribution in [0.15, 0.2) is 36.4 Å². The second-order valence-electron chi connectivity index (χ2n) is 5.79. The van der Waals surface area contributed by atoms with Gasteiger partial charge < -0.3 is 14.4 Å². The molecule has 1 heterocycles. The lowest BCUT2D eigenvalue weighted by molar-refractivity contribution is -0.384. The zero-order valence-electron chi connectivity index (χ0n) is 14.7. The number of hydrogen-bond donors (Lipinski definition) is 0. The van der Waals surface area contributed by atoms with Crippen molar-refractivity contribution < 1.29 is 19.2 Å². The van der Waals surface area contributed by atoms with Gasteiger partial charge in [-0.15, -0.1) is 11.8 Å². The van der Waals surface area contributed by atoms with Gasteiger partial charge in [0.05, 0.1) is 19.1 Å². The van der Waals surface area contributed by atoms with E-state index in [0.717, 1.165) is 11.3 Å². The molecular formula is C18H17ClN2O5S. The Labute approximate surface area is 165 Å². The molecular weight excluding hydrogens is 392 g/mol. The summed E-state index contributed by atoms with van der Waals surface area (Å²) in [4.78, 5) is 25.2. The van der Waals surface area contributed by atoms with Crippen LogP contribution in [0.2, 0.25) is 5.02 Å². The van der Waals surface area contributed by atoms with Crippen molar-refractivity contribution in [3.05, 3.63) is 62.7 Å². The smallest absolute Gasteiger partial charge is 0.288 e. The molecule has 0 saturated carbocycles. The molecule has 142 valence electrons. The lowest BCUT2D eigenvalue weighted by Gasteiger charge is -2.25. The summed E-state index contributed by atoms with van der Waals surface area (Å²) in [6.45, 7) is 0.532. The van der Waals surface area contributed by atoms with Gasteiger partial charge in [0.1, 0.15) is 21.9 Å². The summed E-state index contributed by atoms with van der Waals surface area (Å²) in [6.07, 6.45) is 0. The number of halogens is 1. The number of methoxy groups -OCH3 is 2. The lowest BCUT2D eigenvalue weighted by atomic mass is 10.1. The minimum atomic E-state index is -0.595. The first-order chi connectivity index (χ1) is 12.9. The molecule has 0 N–H and O–H groups in total. The van der Waals surface area contributed by atoms with E-state index < -0.39 is 4.92 Å². The number of nitro benzene ring substituents is 1. The molecule has 3 rings (SSSR count). The minimum absolute atomic E-state index is 0.00132. The number of carbonyl (C=O) groups is 1. The summed E-state index contributed by atoms with van der Waals surface area (Å²) in [5.74, 6) is 1.73. The van der Waals surface area contributed by atoms with Crippen molar-refractivity contribution in [1.29, 1.82) is 0 Å². The molecule has 9 heteroatoms. The summed E-state index contributed by atoms with van der Waals surface area (Å²) >= 11 is 7.46. The molecule has 1 aliphatic rings. The maximum atomic E-state index is 13.0. The Morgan fingerprint density at radius 3 is 2.48 bits per heavy atom. The van der Waals surface area contributed by atoms with Crippen molar-refractivity contribution in [3.8, 4) is 11.5 Å². The second-order valence-corrected chi connectivity index (χ2v) is 7.39. The third-order valence-electron chi connectivity index (χ3n) is 4.20. The van der Waals surface area contributed by atoms with Gasteiger partial charge in [-0.1, -0.05) is 11.6 Å². The van der Waals surface area contributed by atoms with Crippen molar-refractivity contribution in [2.24, 2.45) is 0 Å². The molecule has 7 nitrogen and oxygen atoms in total. The second kappa shape index (κ2) is 8.06. The Hall–Kier alpha value is -2.45. The average Bonchev–Trinajstić information content (AvgIpc) is 3.17. The Morgan fingerprint density at radius 1 is 1.22 bits per heavy atom. The van der Waals surface area contributed by atoms with E-state index in [1.165, 1.54) is 18.2 Å². The summed E-state index contributed by atoms with van der Waals surface area (Å²) in [6, 6.07) is 9.57. The molecule has 1 saturated heterocycles. The first kappa shape index (κ1) is 19.3. The van der Waals surface area contributed by atoms with E-state index in [9.17, 15) is 14.9 Å². The van der Waals surface area contributed by atoms with Gasteiger partial charge in [0.2, 0.25) is 0 Å². The van der Waals surface area contributed by atoms with E-state index in [-0.39, 0.29) is 27.6 Å². The van der Waals surface area contributed by atoms with Crippen molar-refractivity contribution >= 4 is 35.0 Å². The highest BCUT2D eigenvalue weighted by Crippen LogP contribution is 2.41. The molecule has 2 aromatic rings. The highest BCUT2D eigenvalue weighted by Gasteiger charge is 2.32. The number of ether oxygens (including phenoxy) is 2. The van der Waals surface area contributed by atoms with Gasteiger partial charge in [-0.2, -0.15) is 0 Å². The lowest BCUT2D eigenvalue weighted by Crippen LogP contribution is -2.30. The fourth-order valence-electron chi connectivity index (χ4n) is 2.88. The molecule has 0 radical (unpaired) electrons. The number of amides is 1. The highest BCUT2D eigenvalue weighted by atomic mass is 35.5. The fourth-order valence-corrected chi connectivity index (χ4v) is 4.30. The van der Waals surface area contributed by atoms with Crippen LogP contribution in [0, 0.1) is 10.1 Å². The van der Waals surface area contributed by atoms with Crippen LogP contribution in [0.1, 0.15) is 21.3 Å². The summed E-state index contributed by atoms with van der Waals surface area (Å²) in [5, 5.41) is 10.9. The van der Waals surface area contributed by atoms with E-state index in [0.29, 0.717) is 18.0 Å². The molecule has 27 heavy (non-hydrogen) atoms. The average molecular weight is 409 g/mol. The van der Waals surface area contributed by atoms with Crippen LogP contribution >= 0.6 is 23.4 Å². The minimum Gasteiger partial charge on any atom is -0.497 e. The Balaban J connectivity index is 1.94. The first-order valence-corrected chi connectivity index (χ1v) is 9.46. The normalized spacial score (nSPS) is 16.3. The van der Waals surface area contributed by atoms with Gasteiger partial charge in [0.15, 0.2) is 0 Å². The highest BCUT2D eigenvalue weighted by molar-refractivity contribution is 7.99. The fraction of sp³-hybridized carbons (Fsp3) is 0.278. The van der Waals surface area contributed by atoms with E-state index in [4.69, 9.17) is 21.1 Å². The van der Waals surface area contributed by atoms with Crippen LogP contribution in [0.25, 0.3) is 0 Å². The monoisotopic (exact) mass is 408 g/mol. The first-order valence-electron chi connectivity index (χ1n) is 8.04. The summed E-state index contributed by atoms with van der Waals surface area (Å²) in [7, 11) is 3.13. The predicted octanol–water partition coefficient (Wildman–Crippen LogP) is 4.15. The molecule has 0 unspecified atom stereocenters. The van der Waals surface area contributed by atoms with Gasteiger partial charge in [0.25, 0.3) is 11.6 Å². The molecule has 0 aliphatic carbocycles. The van der Waals surface area contributed by atoms with Crippen molar-refractivity contribution in [3.63, 3.8) is 0 Å². The van der Waals surface area contributed by atoms with Gasteiger partial charge in [0, 0.05) is 30.0 Å². The van der Waals surface area contributed by atoms with E-state index in [2.05, 4.69) is 0 Å². The molecule has 1 amide bonds. The molecule has 0 bridgehead atoms. The maximum Gasteiger partial charge on any atom is 0.288 e. The largest absolute Gasteiger partial charge is 0.497 e. The van der Waals surface area contributed by atoms with Crippen LogP contribution in [0.5, 0.6) is 11.5 Å². The van der Waals surface area contributed by atoms with Gasteiger partial charge in [-0.05, 0) is 29.8 Å². The van der Waals surface area contributed by atoms with Crippen molar-refractivity contribution in [2.45, 2.75) is 5.37 Å². The standard InChI is InChI=1S/C18H17ClN2O5S/c1-25-13-7-12(8-14(10-13)26-2)18-20(5-6-27-18)17(22)11-3-4-15(19)16(9-11)21(23)24/h3-4,7-10,18H,5-6H2,1-2H3/t18-/m0/s1. The topological polar surface area (TPSA) is 81.9 Å². The summed E-state index contributed by atoms with van der Waals surface area (Å²) < 4.78 is 10.6. The number of hydrogen-bond acceptors (Lipinski definition) is 6. The predicted molar refractivity (Wildman–Crippen MR) is 104 cm³/mol. The summed E-state index contributed by atoms with van der Waals surface area (Å²) in [5.41, 5.74) is 0.813. The van der Waals surface area contributed by atoms with Gasteiger partial charge >= 0.3 is 0 Å². The Kier molecular flexibility index (Phi) is 5.76. The third kappa shape index (κ3) is 3.96. The number of rotatable bonds is 5. The quantitative estimate of drug-likeness (QED) is 0.546. The molecule has 1 atom stereocenters. The number of benzene rings is 2. The van der Waals surface area contributed by atoms with Gasteiger partial charge in [-0.25, -0.2) is 0 Å². The molecule has 2 aromatic carbocycles. The molecule has 0 aromatic heterocycles. The molecule has 1 fully saturated rings. The zero-order chi connectivity index (χ0) is 19.6. The van der Waals surface area contributed by atoms with Crippen LogP contribution in [-0.4, -0.2) is 42.2 Å². The van der Waals surface area contributed by atoms with Crippen LogP contribution < -0.4 is 9.47 Å². The maximum absolute atomic E-state index is 13.0. The zero-order valence-corrected chi connectivity index (χ0v) is 16.2. The van der Waals surface area contributed by atoms with E-state index in [1.54, 1.807) is 36.9 Å². The van der Waals surface area contributed by atoms with Crippen LogP contribution in [0.3, 0.4) is 0 Å². The van der Waals surface area contributed by atoms with E-state index in [1.807, 2.05) is 12.1 Å². The number of thioether (sulfide) groups is 1. The van der Waals surface area contributed by atoms with Crippen molar-refractivity contribution in [2.75, 3.05) is 26.5 Å². The number of carbonyl (C=O) groups excluding carboxylic acids is 1. The molecule has 0 spiro atoms. The third-order valence-corrected chi connectivity index (χ3v) is 5.78. The van der Waals surface area contributed by atoms with Gasteiger partial charge in [-0.3, -0.25) is 14.9 Å². The van der Waals surface area contributed by atoms with Crippen LogP contribution in [-0.2, 0) is 0 Å². The van der Waals surface area contributed by atoms with Crippen LogP contribution in [0.4, 0.5) is 5.69 Å². The number of nitro groups is 1. The molecule has 1 aliphatic heterocycles. The Bertz CT molecular complexity index is 870.